The van der Waals surface area contributed by atoms with Crippen LogP contribution in [0.15, 0.2) is 47.0 Å². The lowest BCUT2D eigenvalue weighted by Crippen LogP contribution is -2.26. The fourth-order valence-corrected chi connectivity index (χ4v) is 4.43. The van der Waals surface area contributed by atoms with Gasteiger partial charge in [-0.25, -0.2) is 19.6 Å². The van der Waals surface area contributed by atoms with Crippen LogP contribution in [0.1, 0.15) is 17.0 Å². The van der Waals surface area contributed by atoms with E-state index in [2.05, 4.69) is 15.1 Å². The van der Waals surface area contributed by atoms with Gasteiger partial charge in [0.25, 0.3) is 5.56 Å². The van der Waals surface area contributed by atoms with Crippen LogP contribution >= 0.6 is 11.3 Å². The Morgan fingerprint density at radius 2 is 1.97 bits per heavy atom. The second-order valence-electron chi connectivity index (χ2n) is 6.85. The third kappa shape index (κ3) is 2.70. The lowest BCUT2D eigenvalue weighted by atomic mass is 10.2. The van der Waals surface area contributed by atoms with Gasteiger partial charge in [-0.15, -0.1) is 11.3 Å². The number of nitrogens with two attached hydrogens (primary N) is 1. The van der Waals surface area contributed by atoms with Gasteiger partial charge in [-0.05, 0) is 36.4 Å². The highest BCUT2D eigenvalue weighted by Gasteiger charge is 2.18. The van der Waals surface area contributed by atoms with Crippen molar-refractivity contribution in [1.29, 1.82) is 0 Å². The molecule has 5 aromatic rings. The van der Waals surface area contributed by atoms with Gasteiger partial charge in [0, 0.05) is 0 Å². The maximum atomic E-state index is 13.5. The summed E-state index contributed by atoms with van der Waals surface area (Å²) in [6.07, 6.45) is 3.04. The molecule has 0 amide bonds. The molecule has 0 bridgehead atoms. The fraction of sp³-hybridized carbons (Fsp3) is 0.150. The van der Waals surface area contributed by atoms with Crippen LogP contribution in [-0.2, 0) is 6.54 Å². The number of fused-ring (bicyclic) bond motifs is 2. The van der Waals surface area contributed by atoms with Gasteiger partial charge in [0.15, 0.2) is 5.65 Å². The van der Waals surface area contributed by atoms with Gasteiger partial charge in [0.05, 0.1) is 22.7 Å². The van der Waals surface area contributed by atoms with Crippen molar-refractivity contribution in [2.24, 2.45) is 0 Å². The number of thiophene rings is 1. The standard InChI is InChI=1S/C20H17N7OS/c1-11-5-3-4-6-14(11)27-15(25-19-16(20(27)28)12(2)9-29-19)8-26-18-13(7-24-26)17(21)22-10-23-18/h3-7,9-10H,8H2,1-2H3,(H2,21,22,23). The van der Waals surface area contributed by atoms with E-state index >= 15 is 0 Å². The van der Waals surface area contributed by atoms with Crippen LogP contribution in [0.5, 0.6) is 0 Å². The molecule has 0 aliphatic carbocycles. The summed E-state index contributed by atoms with van der Waals surface area (Å²) < 4.78 is 3.37. The van der Waals surface area contributed by atoms with Gasteiger partial charge in [-0.3, -0.25) is 9.36 Å². The molecule has 0 aliphatic heterocycles. The number of hydrogen-bond donors (Lipinski definition) is 1. The van der Waals surface area contributed by atoms with Crippen molar-refractivity contribution in [2.75, 3.05) is 5.73 Å². The molecule has 0 spiro atoms. The number of benzene rings is 1. The molecular formula is C20H17N7OS. The molecule has 0 fully saturated rings. The average molecular weight is 403 g/mol. The van der Waals surface area contributed by atoms with E-state index in [0.29, 0.717) is 28.1 Å². The minimum Gasteiger partial charge on any atom is -0.383 e. The molecule has 0 aliphatic rings. The first-order chi connectivity index (χ1) is 14.0. The molecular weight excluding hydrogens is 386 g/mol. The van der Waals surface area contributed by atoms with Crippen molar-refractivity contribution >= 4 is 38.4 Å². The van der Waals surface area contributed by atoms with Crippen molar-refractivity contribution in [3.05, 3.63) is 69.5 Å². The highest BCUT2D eigenvalue weighted by Crippen LogP contribution is 2.24. The monoisotopic (exact) mass is 403 g/mol. The lowest BCUT2D eigenvalue weighted by molar-refractivity contribution is 0.649. The maximum absolute atomic E-state index is 13.5. The van der Waals surface area contributed by atoms with Crippen molar-refractivity contribution in [2.45, 2.75) is 20.4 Å². The van der Waals surface area contributed by atoms with Crippen molar-refractivity contribution in [1.82, 2.24) is 29.3 Å². The van der Waals surface area contributed by atoms with Gasteiger partial charge in [0.1, 0.15) is 29.3 Å². The molecule has 5 rings (SSSR count). The second kappa shape index (κ2) is 6.49. The van der Waals surface area contributed by atoms with E-state index in [1.807, 2.05) is 43.5 Å². The van der Waals surface area contributed by atoms with E-state index in [9.17, 15) is 4.79 Å². The summed E-state index contributed by atoms with van der Waals surface area (Å²) in [6.45, 7) is 4.19. The second-order valence-corrected chi connectivity index (χ2v) is 7.71. The first-order valence-corrected chi connectivity index (χ1v) is 9.90. The Bertz CT molecular complexity index is 1450. The Morgan fingerprint density at radius 3 is 2.79 bits per heavy atom. The molecule has 0 saturated heterocycles. The Labute approximate surface area is 169 Å². The molecule has 29 heavy (non-hydrogen) atoms. The normalized spacial score (nSPS) is 11.5. The number of hydrogen-bond acceptors (Lipinski definition) is 7. The number of rotatable bonds is 3. The van der Waals surface area contributed by atoms with Crippen molar-refractivity contribution < 1.29 is 0 Å². The molecule has 0 unspecified atom stereocenters. The van der Waals surface area contributed by atoms with Crippen LogP contribution in [0.3, 0.4) is 0 Å². The van der Waals surface area contributed by atoms with Gasteiger partial charge in [0.2, 0.25) is 0 Å². The number of nitrogens with zero attached hydrogens (tertiary/aromatic N) is 6. The third-order valence-electron chi connectivity index (χ3n) is 4.97. The van der Waals surface area contributed by atoms with E-state index in [1.54, 1.807) is 15.4 Å². The predicted octanol–water partition coefficient (Wildman–Crippen LogP) is 2.83. The molecule has 0 saturated carbocycles. The van der Waals surface area contributed by atoms with Crippen LogP contribution in [0, 0.1) is 13.8 Å². The predicted molar refractivity (Wildman–Crippen MR) is 114 cm³/mol. The first kappa shape index (κ1) is 17.5. The summed E-state index contributed by atoms with van der Waals surface area (Å²) in [7, 11) is 0. The van der Waals surface area contributed by atoms with E-state index < -0.39 is 0 Å². The number of aromatic nitrogens is 6. The third-order valence-corrected chi connectivity index (χ3v) is 5.96. The number of nitrogen functional groups attached to an aromatic ring is 1. The van der Waals surface area contributed by atoms with Crippen molar-refractivity contribution in [3.63, 3.8) is 0 Å². The molecule has 2 N–H and O–H groups in total. The molecule has 8 nitrogen and oxygen atoms in total. The van der Waals surface area contributed by atoms with Crippen LogP contribution in [0.4, 0.5) is 5.82 Å². The van der Waals surface area contributed by atoms with Gasteiger partial charge in [-0.2, -0.15) is 5.10 Å². The topological polar surface area (TPSA) is 105 Å². The maximum Gasteiger partial charge on any atom is 0.267 e. The number of para-hydroxylation sites is 1. The van der Waals surface area contributed by atoms with Gasteiger partial charge >= 0.3 is 0 Å². The zero-order chi connectivity index (χ0) is 20.1. The van der Waals surface area contributed by atoms with Crippen molar-refractivity contribution in [3.8, 4) is 5.69 Å². The summed E-state index contributed by atoms with van der Waals surface area (Å²) in [5.74, 6) is 0.954. The first-order valence-electron chi connectivity index (χ1n) is 9.02. The van der Waals surface area contributed by atoms with Crippen LogP contribution in [-0.4, -0.2) is 29.3 Å². The summed E-state index contributed by atoms with van der Waals surface area (Å²) in [6, 6.07) is 7.77. The zero-order valence-electron chi connectivity index (χ0n) is 15.8. The quantitative estimate of drug-likeness (QED) is 0.497. The SMILES string of the molecule is Cc1ccccc1-n1c(Cn2ncc3c(N)ncnc32)nc2scc(C)c2c1=O. The molecule has 1 aromatic carbocycles. The molecule has 144 valence electrons. The van der Waals surface area contributed by atoms with Gasteiger partial charge in [-0.1, -0.05) is 18.2 Å². The van der Waals surface area contributed by atoms with E-state index in [1.165, 1.54) is 17.7 Å². The number of anilines is 1. The average Bonchev–Trinajstić information content (AvgIpc) is 3.28. The summed E-state index contributed by atoms with van der Waals surface area (Å²) in [4.78, 5) is 27.3. The summed E-state index contributed by atoms with van der Waals surface area (Å²) in [5.41, 5.74) is 9.18. The minimum atomic E-state index is -0.0800. The lowest BCUT2D eigenvalue weighted by Gasteiger charge is -2.15. The minimum absolute atomic E-state index is 0.0800. The van der Waals surface area contributed by atoms with E-state index in [0.717, 1.165) is 21.6 Å². The Hall–Kier alpha value is -3.59. The molecule has 0 atom stereocenters. The van der Waals surface area contributed by atoms with Crippen LogP contribution in [0.2, 0.25) is 0 Å². The summed E-state index contributed by atoms with van der Waals surface area (Å²) in [5, 5.41) is 7.69. The number of aryl methyl sites for hydroxylation is 2. The Kier molecular flexibility index (Phi) is 3.92. The highest BCUT2D eigenvalue weighted by atomic mass is 32.1. The Balaban J connectivity index is 1.78. The van der Waals surface area contributed by atoms with E-state index in [-0.39, 0.29) is 12.1 Å². The van der Waals surface area contributed by atoms with Gasteiger partial charge < -0.3 is 5.73 Å². The Morgan fingerprint density at radius 1 is 1.14 bits per heavy atom. The van der Waals surface area contributed by atoms with Crippen LogP contribution in [0.25, 0.3) is 26.9 Å². The van der Waals surface area contributed by atoms with Crippen LogP contribution < -0.4 is 11.3 Å². The molecule has 4 heterocycles. The molecule has 0 radical (unpaired) electrons. The van der Waals surface area contributed by atoms with E-state index in [4.69, 9.17) is 10.7 Å². The largest absolute Gasteiger partial charge is 0.383 e. The molecule has 4 aromatic heterocycles. The zero-order valence-corrected chi connectivity index (χ0v) is 16.6. The molecule has 9 heteroatoms. The fourth-order valence-electron chi connectivity index (χ4n) is 3.50. The smallest absolute Gasteiger partial charge is 0.267 e. The summed E-state index contributed by atoms with van der Waals surface area (Å²) >= 11 is 1.47. The highest BCUT2D eigenvalue weighted by molar-refractivity contribution is 7.16.